The Morgan fingerprint density at radius 2 is 1.92 bits per heavy atom. The third-order valence-corrected chi connectivity index (χ3v) is 1.32. The summed E-state index contributed by atoms with van der Waals surface area (Å²) in [5, 5.41) is 8.74. The van der Waals surface area contributed by atoms with Gasteiger partial charge in [-0.3, -0.25) is 4.79 Å². The molecule has 70 valence electrons. The summed E-state index contributed by atoms with van der Waals surface area (Å²) in [4.78, 5) is 20.8. The molecule has 6 nitrogen and oxygen atoms in total. The van der Waals surface area contributed by atoms with Crippen molar-refractivity contribution in [3.8, 4) is 0 Å². The number of carbonyl (C=O) groups is 1. The SMILES string of the molecule is C/C=C(N=NN)\C(=C/C)C(=O)N=O. The van der Waals surface area contributed by atoms with Crippen LogP contribution in [0.15, 0.2) is 38.9 Å². The molecule has 0 aliphatic heterocycles. The molecule has 0 saturated carbocycles. The van der Waals surface area contributed by atoms with Gasteiger partial charge in [0, 0.05) is 5.18 Å². The Labute approximate surface area is 75.2 Å². The second-order valence-corrected chi connectivity index (χ2v) is 1.99. The molecule has 0 radical (unpaired) electrons. The van der Waals surface area contributed by atoms with Crippen LogP contribution in [-0.4, -0.2) is 5.91 Å². The van der Waals surface area contributed by atoms with Crippen LogP contribution < -0.4 is 5.84 Å². The van der Waals surface area contributed by atoms with E-state index >= 15 is 0 Å². The summed E-state index contributed by atoms with van der Waals surface area (Å²) >= 11 is 0. The fourth-order valence-corrected chi connectivity index (χ4v) is 0.759. The molecule has 0 rings (SSSR count). The lowest BCUT2D eigenvalue weighted by molar-refractivity contribution is -0.114. The molecule has 0 aliphatic rings. The molecule has 0 fully saturated rings. The fraction of sp³-hybridized carbons (Fsp3) is 0.286. The van der Waals surface area contributed by atoms with Gasteiger partial charge in [0.15, 0.2) is 0 Å². The lowest BCUT2D eigenvalue weighted by Gasteiger charge is -1.97. The average molecular weight is 182 g/mol. The monoisotopic (exact) mass is 182 g/mol. The first kappa shape index (κ1) is 11.2. The van der Waals surface area contributed by atoms with Crippen molar-refractivity contribution < 1.29 is 4.79 Å². The molecule has 0 saturated heterocycles. The highest BCUT2D eigenvalue weighted by Gasteiger charge is 2.12. The second-order valence-electron chi connectivity index (χ2n) is 1.99. The maximum atomic E-state index is 10.9. The van der Waals surface area contributed by atoms with Gasteiger partial charge in [0.1, 0.15) is 0 Å². The van der Waals surface area contributed by atoms with E-state index in [4.69, 9.17) is 5.84 Å². The lowest BCUT2D eigenvalue weighted by Crippen LogP contribution is -2.00. The van der Waals surface area contributed by atoms with Gasteiger partial charge in [-0.2, -0.15) is 0 Å². The minimum absolute atomic E-state index is 0.0895. The van der Waals surface area contributed by atoms with E-state index < -0.39 is 5.91 Å². The first-order valence-electron chi connectivity index (χ1n) is 3.52. The van der Waals surface area contributed by atoms with Crippen LogP contribution in [0.1, 0.15) is 13.8 Å². The Morgan fingerprint density at radius 1 is 1.31 bits per heavy atom. The number of amides is 1. The summed E-state index contributed by atoms with van der Waals surface area (Å²) in [6.07, 6.45) is 2.93. The molecule has 0 heterocycles. The number of nitroso groups, excluding NO2 is 1. The molecule has 1 amide bonds. The minimum atomic E-state index is -0.886. The van der Waals surface area contributed by atoms with Gasteiger partial charge in [-0.1, -0.05) is 17.4 Å². The predicted octanol–water partition coefficient (Wildman–Crippen LogP) is 1.46. The van der Waals surface area contributed by atoms with E-state index in [1.165, 1.54) is 12.2 Å². The highest BCUT2D eigenvalue weighted by atomic mass is 16.3. The largest absolute Gasteiger partial charge is 0.318 e. The van der Waals surface area contributed by atoms with Crippen molar-refractivity contribution in [3.63, 3.8) is 0 Å². The predicted molar refractivity (Wildman–Crippen MR) is 47.4 cm³/mol. The molecule has 2 N–H and O–H groups in total. The van der Waals surface area contributed by atoms with Crippen molar-refractivity contribution in [2.45, 2.75) is 13.8 Å². The zero-order chi connectivity index (χ0) is 10.3. The molecular weight excluding hydrogens is 172 g/mol. The zero-order valence-electron chi connectivity index (χ0n) is 7.39. The molecule has 0 spiro atoms. The summed E-state index contributed by atoms with van der Waals surface area (Å²) < 4.78 is 0. The van der Waals surface area contributed by atoms with Gasteiger partial charge < -0.3 is 5.84 Å². The molecule has 0 bridgehead atoms. The first-order valence-corrected chi connectivity index (χ1v) is 3.52. The molecule has 13 heavy (non-hydrogen) atoms. The van der Waals surface area contributed by atoms with Gasteiger partial charge in [-0.15, -0.1) is 10.0 Å². The number of carbonyl (C=O) groups excluding carboxylic acids is 1. The maximum Gasteiger partial charge on any atom is 0.318 e. The Morgan fingerprint density at radius 3 is 2.23 bits per heavy atom. The van der Waals surface area contributed by atoms with Crippen LogP contribution in [0.25, 0.3) is 0 Å². The first-order chi connectivity index (χ1) is 6.21. The number of hydrogen-bond acceptors (Lipinski definition) is 4. The molecule has 6 heteroatoms. The van der Waals surface area contributed by atoms with E-state index in [1.807, 2.05) is 0 Å². The van der Waals surface area contributed by atoms with Crippen LogP contribution in [0.4, 0.5) is 0 Å². The smallest absolute Gasteiger partial charge is 0.305 e. The highest BCUT2D eigenvalue weighted by Crippen LogP contribution is 2.13. The molecule has 0 atom stereocenters. The van der Waals surface area contributed by atoms with Crippen molar-refractivity contribution in [3.05, 3.63) is 28.3 Å². The topological polar surface area (TPSA) is 97.2 Å². The molecule has 0 unspecified atom stereocenters. The number of nitrogens with zero attached hydrogens (tertiary/aromatic N) is 3. The minimum Gasteiger partial charge on any atom is -0.305 e. The summed E-state index contributed by atoms with van der Waals surface area (Å²) in [5.41, 5.74) is 0.321. The molecule has 0 aromatic heterocycles. The van der Waals surface area contributed by atoms with Crippen molar-refractivity contribution in [1.82, 2.24) is 0 Å². The molecule has 0 aromatic rings. The van der Waals surface area contributed by atoms with Crippen molar-refractivity contribution in [1.29, 1.82) is 0 Å². The number of allylic oxidation sites excluding steroid dienone is 2. The van der Waals surface area contributed by atoms with Crippen LogP contribution in [0.3, 0.4) is 0 Å². The Balaban J connectivity index is 4.98. The zero-order valence-corrected chi connectivity index (χ0v) is 7.39. The molecule has 0 aromatic carbocycles. The van der Waals surface area contributed by atoms with Gasteiger partial charge >= 0.3 is 5.91 Å². The van der Waals surface area contributed by atoms with E-state index in [2.05, 4.69) is 15.5 Å². The van der Waals surface area contributed by atoms with Gasteiger partial charge in [0.2, 0.25) is 0 Å². The molecule has 0 aliphatic carbocycles. The van der Waals surface area contributed by atoms with Gasteiger partial charge in [0.25, 0.3) is 0 Å². The summed E-state index contributed by atoms with van der Waals surface area (Å²) in [7, 11) is 0. The second kappa shape index (κ2) is 5.76. The van der Waals surface area contributed by atoms with Crippen LogP contribution in [0, 0.1) is 4.91 Å². The highest BCUT2D eigenvalue weighted by molar-refractivity contribution is 5.98. The lowest BCUT2D eigenvalue weighted by atomic mass is 10.2. The van der Waals surface area contributed by atoms with Crippen molar-refractivity contribution >= 4 is 5.91 Å². The van der Waals surface area contributed by atoms with Crippen LogP contribution in [0.2, 0.25) is 0 Å². The van der Waals surface area contributed by atoms with Gasteiger partial charge in [0.05, 0.1) is 11.3 Å². The number of nitrogens with two attached hydrogens (primary N) is 1. The van der Waals surface area contributed by atoms with E-state index in [-0.39, 0.29) is 11.3 Å². The van der Waals surface area contributed by atoms with Crippen LogP contribution in [0.5, 0.6) is 0 Å². The quantitative estimate of drug-likeness (QED) is 0.178. The molecular formula is C7H10N4O2. The van der Waals surface area contributed by atoms with Crippen LogP contribution >= 0.6 is 0 Å². The summed E-state index contributed by atoms with van der Waals surface area (Å²) in [5.74, 6) is 3.92. The standard InChI is InChI=1S/C7H10N4O2/c1-3-5(7(12)10-13)6(4-2)9-11-8/h3-4H,1-2H3,(H2,8,9)/b5-3+,6-4+. The number of rotatable bonds is 3. The van der Waals surface area contributed by atoms with Crippen molar-refractivity contribution in [2.24, 2.45) is 21.4 Å². The third-order valence-electron chi connectivity index (χ3n) is 1.32. The van der Waals surface area contributed by atoms with E-state index in [1.54, 1.807) is 13.8 Å². The van der Waals surface area contributed by atoms with E-state index in [0.29, 0.717) is 0 Å². The van der Waals surface area contributed by atoms with Gasteiger partial charge in [-0.05, 0) is 13.8 Å². The Bertz CT molecular complexity index is 291. The van der Waals surface area contributed by atoms with E-state index in [0.717, 1.165) is 0 Å². The third kappa shape index (κ3) is 2.94. The van der Waals surface area contributed by atoms with Gasteiger partial charge in [-0.25, -0.2) is 0 Å². The summed E-state index contributed by atoms with van der Waals surface area (Å²) in [6.45, 7) is 3.24. The van der Waals surface area contributed by atoms with E-state index in [9.17, 15) is 9.70 Å². The maximum absolute atomic E-state index is 10.9. The van der Waals surface area contributed by atoms with Crippen LogP contribution in [-0.2, 0) is 4.79 Å². The fourth-order valence-electron chi connectivity index (χ4n) is 0.759. The van der Waals surface area contributed by atoms with Crippen molar-refractivity contribution in [2.75, 3.05) is 0 Å². The summed E-state index contributed by atoms with van der Waals surface area (Å²) in [6, 6.07) is 0. The normalized spacial score (nSPS) is 13.4. The number of hydrogen-bond donors (Lipinski definition) is 1. The Kier molecular flexibility index (Phi) is 4.94. The average Bonchev–Trinajstić information content (AvgIpc) is 2.17. The Hall–Kier alpha value is -1.85.